The average Bonchev–Trinajstić information content (AvgIpc) is 2.29. The summed E-state index contributed by atoms with van der Waals surface area (Å²) >= 11 is 5.90. The Morgan fingerprint density at radius 1 is 1.25 bits per heavy atom. The molecule has 0 amide bonds. The highest BCUT2D eigenvalue weighted by atomic mass is 35.5. The van der Waals surface area contributed by atoms with Gasteiger partial charge in [-0.25, -0.2) is 0 Å². The number of halogens is 1. The van der Waals surface area contributed by atoms with Gasteiger partial charge in [0.1, 0.15) is 0 Å². The Kier molecular flexibility index (Phi) is 3.02. The minimum absolute atomic E-state index is 0.591. The minimum Gasteiger partial charge on any atom is -0.298 e. The molecule has 0 aliphatic rings. The Labute approximate surface area is 98.9 Å². The SMILES string of the molecule is Cc1cc(Cl)ccc1-c1ccncc1C=O. The Balaban J connectivity index is 2.62. The molecule has 0 bridgehead atoms. The summed E-state index contributed by atoms with van der Waals surface area (Å²) in [6.45, 7) is 1.97. The molecule has 0 aliphatic carbocycles. The van der Waals surface area contributed by atoms with Crippen LogP contribution in [0, 0.1) is 6.92 Å². The first kappa shape index (κ1) is 10.8. The third kappa shape index (κ3) is 1.97. The van der Waals surface area contributed by atoms with Crippen molar-refractivity contribution in [3.05, 3.63) is 52.8 Å². The molecule has 0 spiro atoms. The summed E-state index contributed by atoms with van der Waals surface area (Å²) < 4.78 is 0. The topological polar surface area (TPSA) is 30.0 Å². The van der Waals surface area contributed by atoms with Crippen molar-refractivity contribution < 1.29 is 4.79 Å². The summed E-state index contributed by atoms with van der Waals surface area (Å²) in [5.41, 5.74) is 3.53. The second-order valence-electron chi connectivity index (χ2n) is 3.54. The van der Waals surface area contributed by atoms with E-state index in [0.717, 1.165) is 23.0 Å². The third-order valence-corrected chi connectivity index (χ3v) is 2.69. The van der Waals surface area contributed by atoms with Gasteiger partial charge >= 0.3 is 0 Å². The van der Waals surface area contributed by atoms with E-state index in [2.05, 4.69) is 4.98 Å². The number of carbonyl (C=O) groups is 1. The molecule has 2 aromatic rings. The third-order valence-electron chi connectivity index (χ3n) is 2.46. The zero-order valence-corrected chi connectivity index (χ0v) is 9.53. The highest BCUT2D eigenvalue weighted by molar-refractivity contribution is 6.30. The molecule has 0 saturated heterocycles. The predicted molar refractivity (Wildman–Crippen MR) is 64.8 cm³/mol. The van der Waals surface area contributed by atoms with Gasteiger partial charge in [0.15, 0.2) is 6.29 Å². The van der Waals surface area contributed by atoms with E-state index in [-0.39, 0.29) is 0 Å². The highest BCUT2D eigenvalue weighted by Gasteiger charge is 2.07. The molecule has 80 valence electrons. The maximum atomic E-state index is 10.9. The number of hydrogen-bond acceptors (Lipinski definition) is 2. The number of hydrogen-bond donors (Lipinski definition) is 0. The lowest BCUT2D eigenvalue weighted by atomic mass is 9.98. The van der Waals surface area contributed by atoms with Crippen molar-refractivity contribution in [1.29, 1.82) is 0 Å². The highest BCUT2D eigenvalue weighted by Crippen LogP contribution is 2.27. The molecular weight excluding hydrogens is 222 g/mol. The number of rotatable bonds is 2. The van der Waals surface area contributed by atoms with Crippen LogP contribution in [0.5, 0.6) is 0 Å². The molecular formula is C13H10ClNO. The van der Waals surface area contributed by atoms with Crippen LogP contribution in [0.2, 0.25) is 5.02 Å². The summed E-state index contributed by atoms with van der Waals surface area (Å²) in [4.78, 5) is 14.8. The number of carbonyl (C=O) groups excluding carboxylic acids is 1. The number of aldehydes is 1. The molecule has 2 nitrogen and oxygen atoms in total. The molecule has 16 heavy (non-hydrogen) atoms. The molecule has 1 heterocycles. The molecule has 0 aliphatic heterocycles. The number of pyridine rings is 1. The molecule has 1 aromatic carbocycles. The Morgan fingerprint density at radius 2 is 2.06 bits per heavy atom. The van der Waals surface area contributed by atoms with Crippen LogP contribution < -0.4 is 0 Å². The van der Waals surface area contributed by atoms with Crippen molar-refractivity contribution >= 4 is 17.9 Å². The Hall–Kier alpha value is -1.67. The van der Waals surface area contributed by atoms with Crippen LogP contribution in [-0.2, 0) is 0 Å². The van der Waals surface area contributed by atoms with Crippen molar-refractivity contribution in [1.82, 2.24) is 4.98 Å². The molecule has 0 N–H and O–H groups in total. The van der Waals surface area contributed by atoms with Gasteiger partial charge in [-0.2, -0.15) is 0 Å². The van der Waals surface area contributed by atoms with Crippen LogP contribution in [-0.4, -0.2) is 11.3 Å². The lowest BCUT2D eigenvalue weighted by Crippen LogP contribution is -1.91. The van der Waals surface area contributed by atoms with E-state index in [1.54, 1.807) is 12.4 Å². The van der Waals surface area contributed by atoms with Crippen molar-refractivity contribution in [3.8, 4) is 11.1 Å². The summed E-state index contributed by atoms with van der Waals surface area (Å²) in [6, 6.07) is 7.45. The normalized spacial score (nSPS) is 10.1. The van der Waals surface area contributed by atoms with Gasteiger partial charge in [-0.05, 0) is 41.8 Å². The van der Waals surface area contributed by atoms with Crippen LogP contribution in [0.3, 0.4) is 0 Å². The van der Waals surface area contributed by atoms with Crippen LogP contribution in [0.15, 0.2) is 36.7 Å². The number of aromatic nitrogens is 1. The molecule has 0 fully saturated rings. The smallest absolute Gasteiger partial charge is 0.152 e. The lowest BCUT2D eigenvalue weighted by molar-refractivity contribution is 0.112. The Morgan fingerprint density at radius 3 is 2.75 bits per heavy atom. The number of benzene rings is 1. The van der Waals surface area contributed by atoms with E-state index in [1.165, 1.54) is 0 Å². The van der Waals surface area contributed by atoms with Crippen molar-refractivity contribution in [2.24, 2.45) is 0 Å². The molecule has 0 unspecified atom stereocenters. The van der Waals surface area contributed by atoms with Gasteiger partial charge in [0.25, 0.3) is 0 Å². The zero-order chi connectivity index (χ0) is 11.5. The predicted octanol–water partition coefficient (Wildman–Crippen LogP) is 3.52. The summed E-state index contributed by atoms with van der Waals surface area (Å²) in [6.07, 6.45) is 4.06. The monoisotopic (exact) mass is 231 g/mol. The van der Waals surface area contributed by atoms with Crippen LogP contribution >= 0.6 is 11.6 Å². The fourth-order valence-corrected chi connectivity index (χ4v) is 1.90. The quantitative estimate of drug-likeness (QED) is 0.741. The number of nitrogens with zero attached hydrogens (tertiary/aromatic N) is 1. The van der Waals surface area contributed by atoms with Gasteiger partial charge in [0.2, 0.25) is 0 Å². The van der Waals surface area contributed by atoms with Crippen molar-refractivity contribution in [2.75, 3.05) is 0 Å². The van der Waals surface area contributed by atoms with Crippen LogP contribution in [0.25, 0.3) is 11.1 Å². The molecule has 3 heteroatoms. The maximum absolute atomic E-state index is 10.9. The van der Waals surface area contributed by atoms with E-state index < -0.39 is 0 Å². The van der Waals surface area contributed by atoms with Gasteiger partial charge in [0.05, 0.1) is 0 Å². The van der Waals surface area contributed by atoms with E-state index in [1.807, 2.05) is 31.2 Å². The van der Waals surface area contributed by atoms with Gasteiger partial charge in [-0.3, -0.25) is 9.78 Å². The summed E-state index contributed by atoms with van der Waals surface area (Å²) in [5.74, 6) is 0. The first-order valence-corrected chi connectivity index (χ1v) is 5.26. The van der Waals surface area contributed by atoms with Crippen molar-refractivity contribution in [3.63, 3.8) is 0 Å². The Bertz CT molecular complexity index is 537. The van der Waals surface area contributed by atoms with Gasteiger partial charge in [-0.1, -0.05) is 17.7 Å². The van der Waals surface area contributed by atoms with Crippen LogP contribution in [0.4, 0.5) is 0 Å². The van der Waals surface area contributed by atoms with Gasteiger partial charge in [-0.15, -0.1) is 0 Å². The fraction of sp³-hybridized carbons (Fsp3) is 0.0769. The van der Waals surface area contributed by atoms with E-state index in [4.69, 9.17) is 11.6 Å². The fourth-order valence-electron chi connectivity index (χ4n) is 1.68. The second-order valence-corrected chi connectivity index (χ2v) is 3.98. The maximum Gasteiger partial charge on any atom is 0.152 e. The lowest BCUT2D eigenvalue weighted by Gasteiger charge is -2.08. The first-order chi connectivity index (χ1) is 7.72. The zero-order valence-electron chi connectivity index (χ0n) is 8.77. The largest absolute Gasteiger partial charge is 0.298 e. The van der Waals surface area contributed by atoms with Crippen LogP contribution in [0.1, 0.15) is 15.9 Å². The standard InChI is InChI=1S/C13H10ClNO/c1-9-6-11(14)2-3-12(9)13-4-5-15-7-10(13)8-16/h2-8H,1H3. The first-order valence-electron chi connectivity index (χ1n) is 4.88. The van der Waals surface area contributed by atoms with Gasteiger partial charge < -0.3 is 0 Å². The summed E-state index contributed by atoms with van der Waals surface area (Å²) in [5, 5.41) is 0.697. The second kappa shape index (κ2) is 4.45. The number of aryl methyl sites for hydroxylation is 1. The van der Waals surface area contributed by atoms with E-state index in [0.29, 0.717) is 10.6 Å². The molecule has 0 saturated carbocycles. The van der Waals surface area contributed by atoms with E-state index >= 15 is 0 Å². The van der Waals surface area contributed by atoms with Crippen molar-refractivity contribution in [2.45, 2.75) is 6.92 Å². The molecule has 0 atom stereocenters. The molecule has 2 rings (SSSR count). The van der Waals surface area contributed by atoms with Gasteiger partial charge in [0, 0.05) is 23.0 Å². The molecule has 0 radical (unpaired) electrons. The molecule has 1 aromatic heterocycles. The minimum atomic E-state index is 0.591. The summed E-state index contributed by atoms with van der Waals surface area (Å²) in [7, 11) is 0. The average molecular weight is 232 g/mol. The van der Waals surface area contributed by atoms with E-state index in [9.17, 15) is 4.79 Å².